The molecule has 7 atom stereocenters. The van der Waals surface area contributed by atoms with E-state index in [9.17, 15) is 13.2 Å². The van der Waals surface area contributed by atoms with E-state index in [0.29, 0.717) is 44.5 Å². The molecule has 4 aliphatic heterocycles. The lowest BCUT2D eigenvalue weighted by Gasteiger charge is -2.46. The number of benzene rings is 2. The molecule has 2 aliphatic carbocycles. The van der Waals surface area contributed by atoms with Crippen molar-refractivity contribution in [2.24, 2.45) is 11.8 Å². The van der Waals surface area contributed by atoms with Crippen LogP contribution in [-0.2, 0) is 40.8 Å². The topological polar surface area (TPSA) is 116 Å². The molecule has 11 nitrogen and oxygen atoms in total. The predicted octanol–water partition coefficient (Wildman–Crippen LogP) is 5.53. The third-order valence-electron chi connectivity index (χ3n) is 13.0. The van der Waals surface area contributed by atoms with Crippen LogP contribution in [0.3, 0.4) is 0 Å². The third-order valence-corrected chi connectivity index (χ3v) is 15.0. The van der Waals surface area contributed by atoms with Crippen LogP contribution in [0.25, 0.3) is 0 Å². The van der Waals surface area contributed by atoms with Gasteiger partial charge in [0.1, 0.15) is 11.0 Å². The first-order chi connectivity index (χ1) is 26.7. The Hall–Kier alpha value is -2.71. The molecule has 4 heterocycles. The van der Waals surface area contributed by atoms with Crippen molar-refractivity contribution in [2.75, 3.05) is 77.8 Å². The van der Waals surface area contributed by atoms with E-state index in [0.717, 1.165) is 95.0 Å². The van der Waals surface area contributed by atoms with Crippen molar-refractivity contribution < 1.29 is 36.9 Å². The Kier molecular flexibility index (Phi) is 12.1. The molecule has 2 aromatic rings. The highest BCUT2D eigenvalue weighted by Gasteiger charge is 2.45. The number of amides is 1. The average Bonchev–Trinajstić information content (AvgIpc) is 3.64. The van der Waals surface area contributed by atoms with E-state index in [1.807, 2.05) is 24.3 Å². The number of fused-ring (bicyclic) bond motifs is 4. The molecular weight excluding hydrogens is 742 g/mol. The lowest BCUT2D eigenvalue weighted by Crippen LogP contribution is -2.50. The van der Waals surface area contributed by atoms with Gasteiger partial charge in [-0.05, 0) is 111 Å². The Labute approximate surface area is 331 Å². The normalized spacial score (nSPS) is 33.1. The standard InChI is InChI=1S/C42H56ClN3O8S/c1-50-39-8-2-7-37(53-22-18-45-16-20-51-21-17-45)34-12-9-31(34)26-46-27-42(15-3-5-29-23-32(43)11-13-35(29)42)28-54-38-14-10-30(24-36(38)46)41(47)44-55(48,49)40(39)25-33-6-4-19-52-33/h2,7,10-11,13-14,23-24,31,33-34,37,39-40H,3-6,8-9,12,15-22,25-28H2,1H3,(H,44,47)/b7-2-/t31-,33+,34+,37-,39-,40+,42-/m0/s1. The Morgan fingerprint density at radius 1 is 1.05 bits per heavy atom. The number of carbonyl (C=O) groups is 1. The molecule has 13 heteroatoms. The van der Waals surface area contributed by atoms with Crippen molar-refractivity contribution >= 4 is 33.2 Å². The zero-order chi connectivity index (χ0) is 38.0. The van der Waals surface area contributed by atoms with Crippen LogP contribution in [0, 0.1) is 11.8 Å². The number of hydrogen-bond donors (Lipinski definition) is 1. The number of methoxy groups -OCH3 is 1. The molecule has 2 aromatic carbocycles. The van der Waals surface area contributed by atoms with Gasteiger partial charge in [-0.1, -0.05) is 29.8 Å². The number of aryl methyl sites for hydroxylation is 1. The number of halogens is 1. The summed E-state index contributed by atoms with van der Waals surface area (Å²) >= 11 is 6.50. The first-order valence-corrected chi connectivity index (χ1v) is 22.2. The summed E-state index contributed by atoms with van der Waals surface area (Å²) in [5.74, 6) is 0.645. The Bertz CT molecular complexity index is 1820. The van der Waals surface area contributed by atoms with Crippen molar-refractivity contribution in [3.63, 3.8) is 0 Å². The van der Waals surface area contributed by atoms with E-state index >= 15 is 0 Å². The van der Waals surface area contributed by atoms with Gasteiger partial charge >= 0.3 is 0 Å². The van der Waals surface area contributed by atoms with Crippen LogP contribution in [0.5, 0.6) is 5.75 Å². The summed E-state index contributed by atoms with van der Waals surface area (Å²) in [6.45, 7) is 7.28. The largest absolute Gasteiger partial charge is 0.490 e. The second kappa shape index (κ2) is 17.0. The molecule has 0 radical (unpaired) electrons. The second-order valence-electron chi connectivity index (χ2n) is 16.4. The maximum Gasteiger partial charge on any atom is 0.264 e. The molecule has 3 fully saturated rings. The minimum atomic E-state index is -4.19. The van der Waals surface area contributed by atoms with E-state index in [-0.39, 0.29) is 35.5 Å². The van der Waals surface area contributed by atoms with E-state index in [1.54, 1.807) is 13.2 Å². The molecule has 2 bridgehead atoms. The summed E-state index contributed by atoms with van der Waals surface area (Å²) < 4.78 is 61.8. The highest BCUT2D eigenvalue weighted by molar-refractivity contribution is 7.90. The zero-order valence-corrected chi connectivity index (χ0v) is 33.5. The van der Waals surface area contributed by atoms with E-state index < -0.39 is 27.3 Å². The average molecular weight is 798 g/mol. The first kappa shape index (κ1) is 39.1. The highest BCUT2D eigenvalue weighted by Crippen LogP contribution is 2.47. The van der Waals surface area contributed by atoms with Gasteiger partial charge in [-0.2, -0.15) is 0 Å². The summed E-state index contributed by atoms with van der Waals surface area (Å²) in [6.07, 6.45) is 10.4. The molecule has 1 N–H and O–H groups in total. The van der Waals surface area contributed by atoms with Crippen LogP contribution in [0.15, 0.2) is 48.6 Å². The van der Waals surface area contributed by atoms with Gasteiger partial charge in [0.15, 0.2) is 0 Å². The number of hydrogen-bond acceptors (Lipinski definition) is 10. The maximum absolute atomic E-state index is 14.2. The van der Waals surface area contributed by atoms with E-state index in [4.69, 9.17) is 35.3 Å². The molecule has 1 spiro atoms. The fourth-order valence-electron chi connectivity index (χ4n) is 9.83. The summed E-state index contributed by atoms with van der Waals surface area (Å²) in [5.41, 5.74) is 3.34. The lowest BCUT2D eigenvalue weighted by molar-refractivity contribution is -0.0316. The molecule has 6 aliphatic rings. The SMILES string of the molecule is CO[C@H]1C/C=C\[C@H](OCCN2CCOCC2)[C@@H]2CC[C@H]2CN2C[C@@]3(CCCc4cc(Cl)ccc43)COc3ccc(cc32)C(=O)NS(=O)(=O)[C@@H]1C[C@H]1CCCO1. The van der Waals surface area contributed by atoms with Gasteiger partial charge in [-0.3, -0.25) is 9.69 Å². The predicted molar refractivity (Wildman–Crippen MR) is 212 cm³/mol. The number of nitrogens with one attached hydrogen (secondary N) is 1. The van der Waals surface area contributed by atoms with Crippen LogP contribution in [0.1, 0.15) is 72.9 Å². The van der Waals surface area contributed by atoms with Crippen LogP contribution in [-0.4, -0.2) is 116 Å². The molecule has 8 rings (SSSR count). The quantitative estimate of drug-likeness (QED) is 0.359. The molecular formula is C42H56ClN3O8S. The number of morpholine rings is 1. The first-order valence-electron chi connectivity index (χ1n) is 20.3. The van der Waals surface area contributed by atoms with E-state index in [1.165, 1.54) is 11.1 Å². The van der Waals surface area contributed by atoms with Gasteiger partial charge in [0.25, 0.3) is 5.91 Å². The monoisotopic (exact) mass is 797 g/mol. The minimum absolute atomic E-state index is 0.140. The number of sulfonamides is 1. The van der Waals surface area contributed by atoms with Gasteiger partial charge in [0, 0.05) is 62.4 Å². The minimum Gasteiger partial charge on any atom is -0.490 e. The number of anilines is 1. The molecule has 55 heavy (non-hydrogen) atoms. The molecule has 0 unspecified atom stereocenters. The summed E-state index contributed by atoms with van der Waals surface area (Å²) in [6, 6.07) is 11.6. The van der Waals surface area contributed by atoms with Gasteiger partial charge in [0.05, 0.1) is 50.4 Å². The van der Waals surface area contributed by atoms with Gasteiger partial charge in [0.2, 0.25) is 10.0 Å². The molecule has 300 valence electrons. The smallest absolute Gasteiger partial charge is 0.264 e. The summed E-state index contributed by atoms with van der Waals surface area (Å²) in [7, 11) is -2.64. The van der Waals surface area contributed by atoms with Crippen molar-refractivity contribution in [2.45, 2.75) is 86.8 Å². The number of nitrogens with zero attached hydrogens (tertiary/aromatic N) is 2. The summed E-state index contributed by atoms with van der Waals surface area (Å²) in [4.78, 5) is 18.8. The third kappa shape index (κ3) is 8.61. The number of rotatable bonds is 7. The van der Waals surface area contributed by atoms with Crippen molar-refractivity contribution in [1.82, 2.24) is 9.62 Å². The molecule has 0 aromatic heterocycles. The fraction of sp³-hybridized carbons (Fsp3) is 0.643. The Balaban J connectivity index is 1.15. The van der Waals surface area contributed by atoms with Crippen LogP contribution >= 0.6 is 11.6 Å². The van der Waals surface area contributed by atoms with Crippen molar-refractivity contribution in [1.29, 1.82) is 0 Å². The zero-order valence-electron chi connectivity index (χ0n) is 32.0. The Morgan fingerprint density at radius 2 is 1.93 bits per heavy atom. The fourth-order valence-corrected chi connectivity index (χ4v) is 11.6. The molecule has 2 saturated heterocycles. The van der Waals surface area contributed by atoms with Crippen molar-refractivity contribution in [3.05, 3.63) is 70.3 Å². The summed E-state index contributed by atoms with van der Waals surface area (Å²) in [5, 5.41) is -0.260. The van der Waals surface area contributed by atoms with Crippen LogP contribution in [0.4, 0.5) is 5.69 Å². The number of carbonyl (C=O) groups excluding carboxylic acids is 1. The van der Waals surface area contributed by atoms with Gasteiger partial charge in [-0.15, -0.1) is 0 Å². The van der Waals surface area contributed by atoms with Crippen molar-refractivity contribution in [3.8, 4) is 5.75 Å². The van der Waals surface area contributed by atoms with Crippen LogP contribution in [0.2, 0.25) is 5.02 Å². The maximum atomic E-state index is 14.2. The number of ether oxygens (including phenoxy) is 5. The van der Waals surface area contributed by atoms with Gasteiger partial charge in [-0.25, -0.2) is 13.1 Å². The lowest BCUT2D eigenvalue weighted by atomic mass is 9.68. The van der Waals surface area contributed by atoms with Crippen LogP contribution < -0.4 is 14.4 Å². The van der Waals surface area contributed by atoms with Gasteiger partial charge < -0.3 is 28.6 Å². The van der Waals surface area contributed by atoms with E-state index in [2.05, 4.69) is 32.7 Å². The molecule has 1 amide bonds. The Morgan fingerprint density at radius 3 is 2.71 bits per heavy atom. The second-order valence-corrected chi connectivity index (χ2v) is 18.7. The highest BCUT2D eigenvalue weighted by atomic mass is 35.5. The molecule has 1 saturated carbocycles.